The van der Waals surface area contributed by atoms with Crippen molar-refractivity contribution in [1.29, 1.82) is 0 Å². The lowest BCUT2D eigenvalue weighted by atomic mass is 9.90. The molecule has 1 unspecified atom stereocenters. The van der Waals surface area contributed by atoms with Gasteiger partial charge in [0, 0.05) is 12.6 Å². The van der Waals surface area contributed by atoms with Gasteiger partial charge in [0.25, 0.3) is 0 Å². The van der Waals surface area contributed by atoms with E-state index in [-0.39, 0.29) is 12.6 Å². The predicted molar refractivity (Wildman–Crippen MR) is 84.3 cm³/mol. The number of hydrogen-bond acceptors (Lipinski definition) is 3. The summed E-state index contributed by atoms with van der Waals surface area (Å²) < 4.78 is 5.68. The number of carboxylic acids is 1. The van der Waals surface area contributed by atoms with Crippen LogP contribution in [-0.4, -0.2) is 30.3 Å². The monoisotopic (exact) mass is 293 g/mol. The summed E-state index contributed by atoms with van der Waals surface area (Å²) in [4.78, 5) is 11.9. The Bertz CT molecular complexity index is 431. The smallest absolute Gasteiger partial charge is 0.331 e. The van der Waals surface area contributed by atoms with Crippen molar-refractivity contribution < 1.29 is 14.6 Å². The minimum Gasteiger partial charge on any atom is -0.480 e. The highest BCUT2D eigenvalue weighted by molar-refractivity contribution is 5.81. The van der Waals surface area contributed by atoms with E-state index in [0.29, 0.717) is 12.5 Å². The first-order valence-corrected chi connectivity index (χ1v) is 7.53. The molecule has 0 spiro atoms. The molecule has 1 aromatic rings. The summed E-state index contributed by atoms with van der Waals surface area (Å²) >= 11 is 0. The van der Waals surface area contributed by atoms with E-state index >= 15 is 0 Å². The number of rotatable bonds is 9. The number of nitrogens with one attached hydrogen (secondary N) is 1. The molecule has 1 aromatic carbocycles. The van der Waals surface area contributed by atoms with Crippen LogP contribution in [-0.2, 0) is 15.1 Å². The lowest BCUT2D eigenvalue weighted by molar-refractivity contribution is -0.149. The van der Waals surface area contributed by atoms with Gasteiger partial charge in [-0.05, 0) is 31.7 Å². The molecular formula is C17H27NO3. The summed E-state index contributed by atoms with van der Waals surface area (Å²) in [6, 6.07) is 9.28. The Morgan fingerprint density at radius 1 is 1.24 bits per heavy atom. The molecule has 21 heavy (non-hydrogen) atoms. The van der Waals surface area contributed by atoms with Crippen molar-refractivity contribution in [2.75, 3.05) is 13.2 Å². The minimum atomic E-state index is -1.20. The summed E-state index contributed by atoms with van der Waals surface area (Å²) in [5.74, 6) is -0.369. The average molecular weight is 293 g/mol. The molecule has 0 fully saturated rings. The van der Waals surface area contributed by atoms with Crippen LogP contribution in [0.15, 0.2) is 30.3 Å². The second-order valence-corrected chi connectivity index (χ2v) is 6.11. The number of hydrogen-bond donors (Lipinski definition) is 2. The zero-order chi connectivity index (χ0) is 15.9. The molecule has 0 aliphatic carbocycles. The highest BCUT2D eigenvalue weighted by Gasteiger charge is 2.41. The Balaban J connectivity index is 2.94. The quantitative estimate of drug-likeness (QED) is 0.687. The van der Waals surface area contributed by atoms with E-state index in [1.807, 2.05) is 44.2 Å². The van der Waals surface area contributed by atoms with Gasteiger partial charge in [0.2, 0.25) is 0 Å². The number of carbonyl (C=O) groups is 1. The maximum absolute atomic E-state index is 11.9. The molecule has 0 aliphatic rings. The van der Waals surface area contributed by atoms with Gasteiger partial charge in [-0.3, -0.25) is 5.32 Å². The van der Waals surface area contributed by atoms with Crippen molar-refractivity contribution >= 4 is 5.97 Å². The first kappa shape index (κ1) is 17.7. The first-order valence-electron chi connectivity index (χ1n) is 7.53. The van der Waals surface area contributed by atoms with Crippen LogP contribution in [0, 0.1) is 5.92 Å². The van der Waals surface area contributed by atoms with E-state index in [9.17, 15) is 9.90 Å². The van der Waals surface area contributed by atoms with Crippen LogP contribution >= 0.6 is 0 Å². The number of benzene rings is 1. The Hall–Kier alpha value is -1.39. The fourth-order valence-corrected chi connectivity index (χ4v) is 2.22. The highest BCUT2D eigenvalue weighted by atomic mass is 16.5. The third-order valence-corrected chi connectivity index (χ3v) is 3.32. The van der Waals surface area contributed by atoms with Gasteiger partial charge in [0.15, 0.2) is 5.54 Å². The molecule has 0 radical (unpaired) electrons. The summed E-state index contributed by atoms with van der Waals surface area (Å²) in [6.07, 6.45) is 0.923. The summed E-state index contributed by atoms with van der Waals surface area (Å²) in [5, 5.41) is 13.0. The van der Waals surface area contributed by atoms with Crippen molar-refractivity contribution in [3.8, 4) is 0 Å². The van der Waals surface area contributed by atoms with E-state index in [4.69, 9.17) is 4.74 Å². The van der Waals surface area contributed by atoms with Crippen molar-refractivity contribution in [3.63, 3.8) is 0 Å². The molecule has 1 atom stereocenters. The lowest BCUT2D eigenvalue weighted by Crippen LogP contribution is -2.55. The molecule has 4 heteroatoms. The summed E-state index contributed by atoms with van der Waals surface area (Å²) in [6.45, 7) is 8.81. The molecular weight excluding hydrogens is 266 g/mol. The van der Waals surface area contributed by atoms with Crippen molar-refractivity contribution in [1.82, 2.24) is 5.32 Å². The van der Waals surface area contributed by atoms with E-state index in [0.717, 1.165) is 12.0 Å². The Labute approximate surface area is 127 Å². The topological polar surface area (TPSA) is 58.6 Å². The Morgan fingerprint density at radius 3 is 2.33 bits per heavy atom. The molecule has 0 aromatic heterocycles. The Morgan fingerprint density at radius 2 is 1.86 bits per heavy atom. The normalized spacial score (nSPS) is 14.4. The van der Waals surface area contributed by atoms with Crippen LogP contribution in [0.1, 0.15) is 39.7 Å². The zero-order valence-electron chi connectivity index (χ0n) is 13.4. The fraction of sp³-hybridized carbons (Fsp3) is 0.588. The number of carboxylic acid groups (broad SMARTS) is 1. The lowest BCUT2D eigenvalue weighted by Gasteiger charge is -2.33. The maximum atomic E-state index is 11.9. The van der Waals surface area contributed by atoms with Crippen molar-refractivity contribution in [2.24, 2.45) is 5.92 Å². The van der Waals surface area contributed by atoms with Gasteiger partial charge in [-0.1, -0.05) is 44.2 Å². The highest BCUT2D eigenvalue weighted by Crippen LogP contribution is 2.23. The van der Waals surface area contributed by atoms with Crippen molar-refractivity contribution in [3.05, 3.63) is 35.9 Å². The van der Waals surface area contributed by atoms with Crippen LogP contribution in [0.3, 0.4) is 0 Å². The van der Waals surface area contributed by atoms with Gasteiger partial charge < -0.3 is 9.84 Å². The molecule has 0 saturated heterocycles. The van der Waals surface area contributed by atoms with E-state index in [2.05, 4.69) is 19.2 Å². The molecule has 0 saturated carbocycles. The zero-order valence-corrected chi connectivity index (χ0v) is 13.4. The van der Waals surface area contributed by atoms with Gasteiger partial charge in [0.05, 0.1) is 6.61 Å². The van der Waals surface area contributed by atoms with Gasteiger partial charge in [-0.25, -0.2) is 4.79 Å². The molecule has 2 N–H and O–H groups in total. The second-order valence-electron chi connectivity index (χ2n) is 6.11. The van der Waals surface area contributed by atoms with Crippen LogP contribution < -0.4 is 5.32 Å². The van der Waals surface area contributed by atoms with Gasteiger partial charge in [-0.2, -0.15) is 0 Å². The molecule has 0 aliphatic heterocycles. The molecule has 1 rings (SSSR count). The summed E-state index contributed by atoms with van der Waals surface area (Å²) in [7, 11) is 0. The molecule has 4 nitrogen and oxygen atoms in total. The molecule has 118 valence electrons. The van der Waals surface area contributed by atoms with Crippen LogP contribution in [0.2, 0.25) is 0 Å². The maximum Gasteiger partial charge on any atom is 0.331 e. The van der Waals surface area contributed by atoms with Crippen LogP contribution in [0.5, 0.6) is 0 Å². The number of aliphatic carboxylic acids is 1. The molecule has 0 amide bonds. The van der Waals surface area contributed by atoms with Gasteiger partial charge >= 0.3 is 5.97 Å². The SMILES string of the molecule is CC(C)CCOCC(NC(C)C)(C(=O)O)c1ccccc1. The third-order valence-electron chi connectivity index (χ3n) is 3.32. The van der Waals surface area contributed by atoms with Crippen LogP contribution in [0.25, 0.3) is 0 Å². The molecule has 0 heterocycles. The minimum absolute atomic E-state index is 0.0370. The standard InChI is InChI=1S/C17H27NO3/c1-13(2)10-11-21-12-17(16(19)20,18-14(3)4)15-8-6-5-7-9-15/h5-9,13-14,18H,10-12H2,1-4H3,(H,19,20). The average Bonchev–Trinajstić information content (AvgIpc) is 2.42. The van der Waals surface area contributed by atoms with E-state index in [1.54, 1.807) is 0 Å². The van der Waals surface area contributed by atoms with Crippen molar-refractivity contribution in [2.45, 2.75) is 45.7 Å². The predicted octanol–water partition coefficient (Wildman–Crippen LogP) is 3.03. The van der Waals surface area contributed by atoms with Crippen LogP contribution in [0.4, 0.5) is 0 Å². The first-order chi connectivity index (χ1) is 9.88. The fourth-order valence-electron chi connectivity index (χ4n) is 2.22. The second kappa shape index (κ2) is 8.15. The molecule has 0 bridgehead atoms. The Kier molecular flexibility index (Phi) is 6.85. The van der Waals surface area contributed by atoms with E-state index in [1.165, 1.54) is 0 Å². The van der Waals surface area contributed by atoms with Gasteiger partial charge in [-0.15, -0.1) is 0 Å². The van der Waals surface area contributed by atoms with E-state index < -0.39 is 11.5 Å². The third kappa shape index (κ3) is 5.14. The summed E-state index contributed by atoms with van der Waals surface area (Å²) in [5.41, 5.74) is -0.484. The van der Waals surface area contributed by atoms with Gasteiger partial charge in [0.1, 0.15) is 0 Å². The number of ether oxygens (including phenoxy) is 1. The largest absolute Gasteiger partial charge is 0.480 e.